The average Bonchev–Trinajstić information content (AvgIpc) is 1.94. The SMILES string of the molecule is O=[N+]([O-])[O-].O=[N+]([O-])[O-].O=[N+]([O-])[O-].O=[N+]([O-])[O-].O=[N+]([O-])[O-].[Sb+5]. The maximum Gasteiger partial charge on any atom is 5.00 e. The Balaban J connectivity index is -0.0000000331. The van der Waals surface area contributed by atoms with Crippen molar-refractivity contribution in [1.82, 2.24) is 0 Å². The van der Waals surface area contributed by atoms with Crippen LogP contribution in [0.25, 0.3) is 0 Å². The van der Waals surface area contributed by atoms with Crippen LogP contribution >= 0.6 is 0 Å². The van der Waals surface area contributed by atoms with Gasteiger partial charge in [0.2, 0.25) is 0 Å². The molecule has 0 aliphatic rings. The van der Waals surface area contributed by atoms with Crippen molar-refractivity contribution in [3.05, 3.63) is 76.6 Å². The van der Waals surface area contributed by atoms with Crippen LogP contribution in [-0.2, 0) is 0 Å². The van der Waals surface area contributed by atoms with E-state index in [1.807, 2.05) is 0 Å². The van der Waals surface area contributed by atoms with Crippen molar-refractivity contribution in [2.45, 2.75) is 0 Å². The summed E-state index contributed by atoms with van der Waals surface area (Å²) in [6, 6.07) is 0. The predicted molar refractivity (Wildman–Crippen MR) is 57.6 cm³/mol. The molecule has 21 heavy (non-hydrogen) atoms. The standard InChI is InChI=1S/5NO3.Sb/c5*2-1(3)4;/q5*-1;+5. The number of hydrogen-bond donors (Lipinski definition) is 0. The summed E-state index contributed by atoms with van der Waals surface area (Å²) >= 11 is 0. The van der Waals surface area contributed by atoms with E-state index >= 15 is 0 Å². The molecule has 0 aliphatic heterocycles. The van der Waals surface area contributed by atoms with Crippen LogP contribution in [-0.4, -0.2) is 49.9 Å². The van der Waals surface area contributed by atoms with Crippen molar-refractivity contribution >= 4 is 24.4 Å². The molecule has 0 aromatic rings. The van der Waals surface area contributed by atoms with Gasteiger partial charge < -0.3 is 76.6 Å². The molecule has 0 rings (SSSR count). The first-order chi connectivity index (χ1) is 8.66. The third-order valence-corrected chi connectivity index (χ3v) is 0. The molecule has 0 spiro atoms. The van der Waals surface area contributed by atoms with Gasteiger partial charge in [0.05, 0.1) is 25.4 Å². The van der Waals surface area contributed by atoms with Crippen molar-refractivity contribution in [2.75, 3.05) is 0 Å². The summed E-state index contributed by atoms with van der Waals surface area (Å²) in [5, 5.41) is 73.8. The second-order valence-corrected chi connectivity index (χ2v) is 1.12. The summed E-state index contributed by atoms with van der Waals surface area (Å²) in [6.45, 7) is 0. The van der Waals surface area contributed by atoms with Gasteiger partial charge >= 0.3 is 24.4 Å². The average molecular weight is 432 g/mol. The molecular formula is N5O15Sb. The molecule has 0 radical (unpaired) electrons. The minimum Gasteiger partial charge on any atom is -0.356 e. The summed E-state index contributed by atoms with van der Waals surface area (Å²) in [5.41, 5.74) is 0. The summed E-state index contributed by atoms with van der Waals surface area (Å²) in [7, 11) is 0. The second-order valence-electron chi connectivity index (χ2n) is 1.12. The monoisotopic (exact) mass is 431 g/mol. The topological polar surface area (TPSA) is 331 Å². The van der Waals surface area contributed by atoms with Gasteiger partial charge in [0.15, 0.2) is 0 Å². The van der Waals surface area contributed by atoms with Crippen LogP contribution in [0.3, 0.4) is 0 Å². The van der Waals surface area contributed by atoms with Gasteiger partial charge in [-0.15, -0.1) is 0 Å². The maximum atomic E-state index is 8.25. The Morgan fingerprint density at radius 2 is 0.333 bits per heavy atom. The second kappa shape index (κ2) is 30.1. The van der Waals surface area contributed by atoms with Gasteiger partial charge in [-0.25, -0.2) is 0 Å². The first kappa shape index (κ1) is 36.1. The van der Waals surface area contributed by atoms with E-state index in [0.29, 0.717) is 0 Å². The van der Waals surface area contributed by atoms with E-state index in [0.717, 1.165) is 0 Å². The van der Waals surface area contributed by atoms with Gasteiger partial charge in [0, 0.05) is 0 Å². The Morgan fingerprint density at radius 3 is 0.333 bits per heavy atom. The molecule has 0 atom stereocenters. The molecule has 0 aromatic heterocycles. The van der Waals surface area contributed by atoms with Crippen molar-refractivity contribution < 1.29 is 25.4 Å². The maximum absolute atomic E-state index is 8.25. The zero-order valence-electron chi connectivity index (χ0n) is 8.81. The molecule has 0 amide bonds. The van der Waals surface area contributed by atoms with E-state index in [4.69, 9.17) is 76.6 Å². The van der Waals surface area contributed by atoms with Crippen LogP contribution in [0.5, 0.6) is 0 Å². The molecule has 0 bridgehead atoms. The van der Waals surface area contributed by atoms with Crippen LogP contribution in [0.2, 0.25) is 0 Å². The largest absolute Gasteiger partial charge is 5.00 e. The zero-order valence-corrected chi connectivity index (χ0v) is 11.4. The van der Waals surface area contributed by atoms with Crippen molar-refractivity contribution in [3.8, 4) is 0 Å². The van der Waals surface area contributed by atoms with E-state index in [-0.39, 0.29) is 24.4 Å². The fourth-order valence-corrected chi connectivity index (χ4v) is 0. The minimum atomic E-state index is -1.75. The Kier molecular flexibility index (Phi) is 51.8. The van der Waals surface area contributed by atoms with E-state index in [2.05, 4.69) is 0 Å². The van der Waals surface area contributed by atoms with Crippen molar-refractivity contribution in [3.63, 3.8) is 0 Å². The molecule has 0 N–H and O–H groups in total. The Morgan fingerprint density at radius 1 is 0.333 bits per heavy atom. The Labute approximate surface area is 127 Å². The van der Waals surface area contributed by atoms with Gasteiger partial charge in [-0.3, -0.25) is 0 Å². The van der Waals surface area contributed by atoms with Gasteiger partial charge in [0.25, 0.3) is 0 Å². The fraction of sp³-hybridized carbons (Fsp3) is 0. The molecule has 0 saturated heterocycles. The van der Waals surface area contributed by atoms with Gasteiger partial charge in [-0.05, 0) is 0 Å². The molecule has 0 aromatic carbocycles. The molecule has 21 heteroatoms. The molecule has 20 nitrogen and oxygen atoms in total. The third-order valence-electron chi connectivity index (χ3n) is 0. The van der Waals surface area contributed by atoms with E-state index in [1.165, 1.54) is 0 Å². The number of rotatable bonds is 0. The smallest absolute Gasteiger partial charge is 0.356 e. The summed E-state index contributed by atoms with van der Waals surface area (Å²) in [5.74, 6) is 0. The Hall–Kier alpha value is -3.18. The molecule has 0 heterocycles. The van der Waals surface area contributed by atoms with E-state index in [9.17, 15) is 0 Å². The first-order valence-electron chi connectivity index (χ1n) is 2.74. The van der Waals surface area contributed by atoms with Gasteiger partial charge in [0.1, 0.15) is 0 Å². The van der Waals surface area contributed by atoms with E-state index < -0.39 is 25.4 Å². The minimum absolute atomic E-state index is 0. The molecule has 0 unspecified atom stereocenters. The van der Waals surface area contributed by atoms with Crippen LogP contribution in [0, 0.1) is 76.6 Å². The molecular weight excluding hydrogens is 432 g/mol. The normalized spacial score (nSPS) is 5.71. The molecule has 0 aliphatic carbocycles. The van der Waals surface area contributed by atoms with Crippen LogP contribution < -0.4 is 0 Å². The van der Waals surface area contributed by atoms with Gasteiger partial charge in [-0.2, -0.15) is 0 Å². The first-order valence-corrected chi connectivity index (χ1v) is 2.74. The van der Waals surface area contributed by atoms with Gasteiger partial charge in [-0.1, -0.05) is 0 Å². The molecule has 120 valence electrons. The quantitative estimate of drug-likeness (QED) is 0.237. The van der Waals surface area contributed by atoms with Crippen LogP contribution in [0.15, 0.2) is 0 Å². The van der Waals surface area contributed by atoms with Crippen LogP contribution in [0.1, 0.15) is 0 Å². The summed E-state index contributed by atoms with van der Waals surface area (Å²) in [6.07, 6.45) is 0. The third kappa shape index (κ3) is 365. The predicted octanol–water partition coefficient (Wildman–Crippen LogP) is -1.58. The van der Waals surface area contributed by atoms with E-state index in [1.54, 1.807) is 0 Å². The summed E-state index contributed by atoms with van der Waals surface area (Å²) in [4.78, 5) is 41.2. The number of nitrogens with zero attached hydrogens (tertiary/aromatic N) is 5. The zero-order chi connectivity index (χ0) is 17.9. The number of hydrogen-bond acceptors (Lipinski definition) is 15. The molecule has 0 fully saturated rings. The van der Waals surface area contributed by atoms with Crippen molar-refractivity contribution in [1.29, 1.82) is 0 Å². The van der Waals surface area contributed by atoms with Crippen molar-refractivity contribution in [2.24, 2.45) is 0 Å². The van der Waals surface area contributed by atoms with Crippen LogP contribution in [0.4, 0.5) is 0 Å². The summed E-state index contributed by atoms with van der Waals surface area (Å²) < 4.78 is 0. The molecule has 0 saturated carbocycles. The fourth-order valence-electron chi connectivity index (χ4n) is 0. The Bertz CT molecular complexity index is 207.